The number of alkyl halides is 3. The quantitative estimate of drug-likeness (QED) is 0.758. The molecule has 2 atom stereocenters. The molecule has 2 aliphatic heterocycles. The van der Waals surface area contributed by atoms with Crippen molar-refractivity contribution in [1.29, 1.82) is 0 Å². The van der Waals surface area contributed by atoms with Gasteiger partial charge in [-0.2, -0.15) is 18.3 Å². The third-order valence-corrected chi connectivity index (χ3v) is 5.25. The van der Waals surface area contributed by atoms with E-state index >= 15 is 0 Å². The molecule has 4 rings (SSSR count). The van der Waals surface area contributed by atoms with Gasteiger partial charge in [-0.25, -0.2) is 9.78 Å². The summed E-state index contributed by atoms with van der Waals surface area (Å²) in [5, 5.41) is 9.11. The molecule has 1 saturated heterocycles. The van der Waals surface area contributed by atoms with E-state index in [-0.39, 0.29) is 17.6 Å². The summed E-state index contributed by atoms with van der Waals surface area (Å²) in [6.07, 6.45) is -2.93. The Balaban J connectivity index is 1.63. The first kappa shape index (κ1) is 19.2. The van der Waals surface area contributed by atoms with Crippen molar-refractivity contribution in [3.05, 3.63) is 30.1 Å². The fourth-order valence-electron chi connectivity index (χ4n) is 3.63. The molecule has 0 spiro atoms. The number of ketones is 1. The maximum absolute atomic E-state index is 12.9. The van der Waals surface area contributed by atoms with Gasteiger partial charge in [0.25, 0.3) is 0 Å². The summed E-state index contributed by atoms with van der Waals surface area (Å²) < 4.78 is 38.4. The molecular formula is C18H19F3N6O2. The van der Waals surface area contributed by atoms with E-state index in [9.17, 15) is 22.8 Å². The van der Waals surface area contributed by atoms with E-state index in [1.54, 1.807) is 12.1 Å². The van der Waals surface area contributed by atoms with Crippen molar-refractivity contribution in [2.45, 2.75) is 32.0 Å². The van der Waals surface area contributed by atoms with Crippen molar-refractivity contribution < 1.29 is 22.8 Å². The number of aromatic nitrogens is 3. The average Bonchev–Trinajstić information content (AvgIpc) is 3.31. The number of nitrogens with one attached hydrogen (secondary N) is 2. The smallest absolute Gasteiger partial charge is 0.366 e. The number of pyridine rings is 1. The molecule has 154 valence electrons. The lowest BCUT2D eigenvalue weighted by molar-refractivity contribution is -0.168. The number of fused-ring (bicyclic) bond motifs is 4. The number of halogens is 3. The van der Waals surface area contributed by atoms with Gasteiger partial charge in [0.1, 0.15) is 11.5 Å². The van der Waals surface area contributed by atoms with Crippen LogP contribution in [0.2, 0.25) is 0 Å². The predicted molar refractivity (Wildman–Crippen MR) is 99.1 cm³/mol. The Kier molecular flexibility index (Phi) is 4.67. The van der Waals surface area contributed by atoms with Crippen molar-refractivity contribution in [3.63, 3.8) is 0 Å². The maximum Gasteiger partial charge on any atom is 0.391 e. The number of nitrogens with zero attached hydrogens (tertiary/aromatic N) is 4. The molecule has 2 N–H and O–H groups in total. The number of H-pyrrole nitrogens is 1. The highest BCUT2D eigenvalue weighted by Gasteiger charge is 2.41. The highest BCUT2D eigenvalue weighted by molar-refractivity contribution is 6.05. The van der Waals surface area contributed by atoms with E-state index in [1.165, 1.54) is 17.2 Å². The second-order valence-corrected chi connectivity index (χ2v) is 7.27. The summed E-state index contributed by atoms with van der Waals surface area (Å²) in [6, 6.07) is 4.08. The van der Waals surface area contributed by atoms with Gasteiger partial charge in [-0.15, -0.1) is 0 Å². The highest BCUT2D eigenvalue weighted by Crippen LogP contribution is 2.39. The third kappa shape index (κ3) is 3.64. The van der Waals surface area contributed by atoms with Crippen molar-refractivity contribution in [2.75, 3.05) is 28.2 Å². The molecule has 2 aliphatic rings. The number of urea groups is 1. The van der Waals surface area contributed by atoms with Gasteiger partial charge in [-0.3, -0.25) is 20.1 Å². The molecular weight excluding hydrogens is 389 g/mol. The monoisotopic (exact) mass is 408 g/mol. The SMILES string of the molecule is C[C@@H](CC(=O)c1ccc2c(n1)N(C(=O)Nc1ccn[nH]1)[C@H]1CCN2C1)C(F)(F)F. The lowest BCUT2D eigenvalue weighted by Crippen LogP contribution is -2.48. The average molecular weight is 408 g/mol. The van der Waals surface area contributed by atoms with Crippen LogP contribution in [0.15, 0.2) is 24.4 Å². The number of amides is 2. The fourth-order valence-corrected chi connectivity index (χ4v) is 3.63. The third-order valence-electron chi connectivity index (χ3n) is 5.25. The molecule has 11 heteroatoms. The first-order valence-electron chi connectivity index (χ1n) is 9.19. The van der Waals surface area contributed by atoms with Crippen molar-refractivity contribution in [3.8, 4) is 0 Å². The Morgan fingerprint density at radius 2 is 2.14 bits per heavy atom. The molecule has 1 fully saturated rings. The number of hydrogen-bond acceptors (Lipinski definition) is 5. The zero-order chi connectivity index (χ0) is 20.8. The van der Waals surface area contributed by atoms with Gasteiger partial charge < -0.3 is 4.90 Å². The fraction of sp³-hybridized carbons (Fsp3) is 0.444. The Labute approximate surface area is 164 Å². The Bertz CT molecular complexity index is 930. The molecule has 0 unspecified atom stereocenters. The topological polar surface area (TPSA) is 94.2 Å². The van der Waals surface area contributed by atoms with Gasteiger partial charge in [0, 0.05) is 25.6 Å². The van der Waals surface area contributed by atoms with Crippen molar-refractivity contribution >= 4 is 29.1 Å². The summed E-state index contributed by atoms with van der Waals surface area (Å²) in [6.45, 7) is 2.32. The number of anilines is 3. The standard InChI is InChI=1S/C18H19F3N6O2/c1-10(18(19,20)21)8-14(28)12-2-3-13-16(23-12)27(11-5-7-26(13)9-11)17(29)24-15-4-6-22-25-15/h2-4,6,10-11H,5,7-9H2,1H3,(H2,22,24,25,29)/t10-,11-/m0/s1. The molecule has 29 heavy (non-hydrogen) atoms. The van der Waals surface area contributed by atoms with E-state index in [0.29, 0.717) is 18.1 Å². The lowest BCUT2D eigenvalue weighted by Gasteiger charge is -2.35. The van der Waals surface area contributed by atoms with Crippen LogP contribution in [0, 0.1) is 5.92 Å². The van der Waals surface area contributed by atoms with E-state index in [4.69, 9.17) is 0 Å². The summed E-state index contributed by atoms with van der Waals surface area (Å²) in [4.78, 5) is 33.1. The largest absolute Gasteiger partial charge is 0.391 e. The number of rotatable bonds is 4. The normalized spacial score (nSPS) is 19.1. The van der Waals surface area contributed by atoms with Gasteiger partial charge in [0.05, 0.1) is 23.8 Å². The summed E-state index contributed by atoms with van der Waals surface area (Å²) in [5.74, 6) is -1.79. The molecule has 2 aromatic rings. The van der Waals surface area contributed by atoms with E-state index in [0.717, 1.165) is 19.9 Å². The minimum atomic E-state index is -4.45. The molecule has 4 heterocycles. The molecule has 2 aromatic heterocycles. The molecule has 0 aromatic carbocycles. The maximum atomic E-state index is 12.9. The van der Waals surface area contributed by atoms with Gasteiger partial charge in [-0.05, 0) is 18.6 Å². The zero-order valence-electron chi connectivity index (χ0n) is 15.5. The Morgan fingerprint density at radius 1 is 1.34 bits per heavy atom. The minimum absolute atomic E-state index is 0.0818. The van der Waals surface area contributed by atoms with Crippen LogP contribution in [0.5, 0.6) is 0 Å². The van der Waals surface area contributed by atoms with Crippen LogP contribution < -0.4 is 15.1 Å². The van der Waals surface area contributed by atoms with Gasteiger partial charge >= 0.3 is 12.2 Å². The predicted octanol–water partition coefficient (Wildman–Crippen LogP) is 3.21. The summed E-state index contributed by atoms with van der Waals surface area (Å²) in [7, 11) is 0. The first-order valence-corrected chi connectivity index (χ1v) is 9.19. The molecule has 0 saturated carbocycles. The van der Waals surface area contributed by atoms with Crippen LogP contribution in [0.25, 0.3) is 0 Å². The first-order chi connectivity index (χ1) is 13.7. The number of aromatic amines is 1. The number of hydrogen-bond donors (Lipinski definition) is 2. The second-order valence-electron chi connectivity index (χ2n) is 7.27. The van der Waals surface area contributed by atoms with E-state index in [2.05, 4.69) is 25.4 Å². The van der Waals surface area contributed by atoms with Crippen LogP contribution >= 0.6 is 0 Å². The van der Waals surface area contributed by atoms with Crippen LogP contribution in [0.1, 0.15) is 30.3 Å². The lowest BCUT2D eigenvalue weighted by atomic mass is 10.0. The van der Waals surface area contributed by atoms with Gasteiger partial charge in [-0.1, -0.05) is 6.92 Å². The van der Waals surface area contributed by atoms with Crippen LogP contribution in [-0.2, 0) is 0 Å². The summed E-state index contributed by atoms with van der Waals surface area (Å²) in [5.41, 5.74) is 0.598. The number of carbonyl (C=O) groups excluding carboxylic acids is 2. The van der Waals surface area contributed by atoms with Gasteiger partial charge in [0.15, 0.2) is 11.6 Å². The van der Waals surface area contributed by atoms with Gasteiger partial charge in [0.2, 0.25) is 0 Å². The molecule has 8 nitrogen and oxygen atoms in total. The Hall–Kier alpha value is -3.11. The number of Topliss-reactive ketones (excluding diaryl/α,β-unsaturated/α-hetero) is 1. The second kappa shape index (κ2) is 7.05. The van der Waals surface area contributed by atoms with Crippen LogP contribution in [-0.4, -0.2) is 52.3 Å². The van der Waals surface area contributed by atoms with Crippen LogP contribution in [0.4, 0.5) is 35.3 Å². The molecule has 2 bridgehead atoms. The molecule has 0 radical (unpaired) electrons. The molecule has 2 amide bonds. The Morgan fingerprint density at radius 3 is 2.83 bits per heavy atom. The number of carbonyl (C=O) groups is 2. The minimum Gasteiger partial charge on any atom is -0.366 e. The highest BCUT2D eigenvalue weighted by atomic mass is 19.4. The van der Waals surface area contributed by atoms with Crippen molar-refractivity contribution in [1.82, 2.24) is 15.2 Å². The van der Waals surface area contributed by atoms with Crippen LogP contribution in [0.3, 0.4) is 0 Å². The van der Waals surface area contributed by atoms with E-state index in [1.807, 2.05) is 0 Å². The van der Waals surface area contributed by atoms with E-state index < -0.39 is 30.3 Å². The molecule has 0 aliphatic carbocycles. The van der Waals surface area contributed by atoms with Crippen molar-refractivity contribution in [2.24, 2.45) is 5.92 Å². The summed E-state index contributed by atoms with van der Waals surface area (Å²) >= 11 is 0. The zero-order valence-corrected chi connectivity index (χ0v) is 15.5.